The Bertz CT molecular complexity index is 1550. The molecule has 226 valence electrons. The Kier molecular flexibility index (Phi) is 11.8. The lowest BCUT2D eigenvalue weighted by molar-refractivity contribution is -0.0581. The van der Waals surface area contributed by atoms with Crippen molar-refractivity contribution in [3.05, 3.63) is 101 Å². The van der Waals surface area contributed by atoms with Gasteiger partial charge in [0.25, 0.3) is 0 Å². The lowest BCUT2D eigenvalue weighted by Crippen LogP contribution is -2.28. The summed E-state index contributed by atoms with van der Waals surface area (Å²) in [6.45, 7) is 7.05. The summed E-state index contributed by atoms with van der Waals surface area (Å²) in [5.74, 6) is 3.79. The minimum Gasteiger partial charge on any atom is -0.404 e. The Balaban J connectivity index is 1.78. The molecule has 0 saturated heterocycles. The van der Waals surface area contributed by atoms with E-state index in [1.54, 1.807) is 6.07 Å². The predicted octanol–water partition coefficient (Wildman–Crippen LogP) is 6.16. The maximum absolute atomic E-state index is 15.2. The molecule has 0 radical (unpaired) electrons. The Morgan fingerprint density at radius 1 is 1.07 bits per heavy atom. The Hall–Kier alpha value is -4.76. The van der Waals surface area contributed by atoms with Gasteiger partial charge in [-0.2, -0.15) is 13.2 Å². The summed E-state index contributed by atoms with van der Waals surface area (Å²) in [5.41, 5.74) is 10.5. The van der Waals surface area contributed by atoms with Crippen molar-refractivity contribution in [2.24, 2.45) is 10.7 Å². The number of rotatable bonds is 12. The SMILES string of the molecule is C=C(Nc1ccc(Cc2ccnc(N)c2C#CCNCCCCC)c(F)c1)C(=C/N)/C(=N/c1ncccc1F)C(F)(F)F. The molecule has 0 saturated carbocycles. The van der Waals surface area contributed by atoms with Gasteiger partial charge in [-0.25, -0.2) is 23.7 Å². The molecule has 3 aromatic rings. The number of nitrogens with one attached hydrogen (secondary N) is 2. The van der Waals surface area contributed by atoms with Crippen LogP contribution in [0.1, 0.15) is 42.9 Å². The Labute approximate surface area is 247 Å². The molecule has 0 aliphatic carbocycles. The first-order valence-electron chi connectivity index (χ1n) is 13.4. The van der Waals surface area contributed by atoms with Gasteiger partial charge < -0.3 is 22.1 Å². The Morgan fingerprint density at radius 2 is 1.86 bits per heavy atom. The second-order valence-electron chi connectivity index (χ2n) is 9.35. The van der Waals surface area contributed by atoms with Crippen LogP contribution < -0.4 is 22.1 Å². The highest BCUT2D eigenvalue weighted by atomic mass is 19.4. The first-order valence-corrected chi connectivity index (χ1v) is 13.4. The summed E-state index contributed by atoms with van der Waals surface area (Å²) in [7, 11) is 0. The lowest BCUT2D eigenvalue weighted by Gasteiger charge is -2.18. The van der Waals surface area contributed by atoms with Crippen molar-refractivity contribution in [3.8, 4) is 11.8 Å². The van der Waals surface area contributed by atoms with Gasteiger partial charge in [0.05, 0.1) is 12.1 Å². The smallest absolute Gasteiger partial charge is 0.404 e. The van der Waals surface area contributed by atoms with Gasteiger partial charge >= 0.3 is 6.18 Å². The van der Waals surface area contributed by atoms with Crippen molar-refractivity contribution in [2.75, 3.05) is 24.1 Å². The predicted molar refractivity (Wildman–Crippen MR) is 160 cm³/mol. The minimum absolute atomic E-state index is 0.0968. The summed E-state index contributed by atoms with van der Waals surface area (Å²) < 4.78 is 70.8. The summed E-state index contributed by atoms with van der Waals surface area (Å²) in [5, 5.41) is 5.86. The molecular weight excluding hydrogens is 565 g/mol. The number of allylic oxidation sites excluding steroid dienone is 1. The average molecular weight is 598 g/mol. The van der Waals surface area contributed by atoms with E-state index in [0.717, 1.165) is 44.1 Å². The van der Waals surface area contributed by atoms with Crippen molar-refractivity contribution < 1.29 is 22.0 Å². The molecule has 3 rings (SSSR count). The zero-order valence-electron chi connectivity index (χ0n) is 23.5. The number of aliphatic imine (C=N–C) groups is 1. The van der Waals surface area contributed by atoms with Gasteiger partial charge in [0.1, 0.15) is 11.6 Å². The number of nitrogens with zero attached hydrogens (tertiary/aromatic N) is 3. The van der Waals surface area contributed by atoms with Crippen LogP contribution in [-0.4, -0.2) is 34.9 Å². The fourth-order valence-electron chi connectivity index (χ4n) is 3.97. The van der Waals surface area contributed by atoms with E-state index < -0.39 is 34.9 Å². The number of pyridine rings is 2. The molecule has 0 fully saturated rings. The fraction of sp³-hybridized carbons (Fsp3) is 0.258. The molecular formula is C31H32F5N7. The van der Waals surface area contributed by atoms with Gasteiger partial charge in [0, 0.05) is 42.0 Å². The third-order valence-corrected chi connectivity index (χ3v) is 6.15. The number of benzene rings is 1. The molecule has 0 bridgehead atoms. The molecule has 1 aromatic carbocycles. The van der Waals surface area contributed by atoms with E-state index in [1.165, 1.54) is 24.4 Å². The van der Waals surface area contributed by atoms with Crippen molar-refractivity contribution in [2.45, 2.75) is 38.8 Å². The normalized spacial score (nSPS) is 12.0. The van der Waals surface area contributed by atoms with Gasteiger partial charge in [-0.05, 0) is 54.4 Å². The summed E-state index contributed by atoms with van der Waals surface area (Å²) in [6, 6.07) is 7.88. The van der Waals surface area contributed by atoms with Crippen LogP contribution in [-0.2, 0) is 6.42 Å². The molecule has 0 spiro atoms. The van der Waals surface area contributed by atoms with Crippen molar-refractivity contribution >= 4 is 23.0 Å². The van der Waals surface area contributed by atoms with Gasteiger partial charge in [-0.3, -0.25) is 0 Å². The number of nitrogens with two attached hydrogens (primary N) is 2. The van der Waals surface area contributed by atoms with Crippen LogP contribution in [0.15, 0.2) is 77.8 Å². The molecule has 0 amide bonds. The summed E-state index contributed by atoms with van der Waals surface area (Å²) in [6.07, 6.45) is 1.66. The van der Waals surface area contributed by atoms with Crippen LogP contribution in [0.5, 0.6) is 0 Å². The molecule has 2 aromatic heterocycles. The molecule has 0 aliphatic heterocycles. The average Bonchev–Trinajstić information content (AvgIpc) is 2.95. The minimum atomic E-state index is -5.03. The third-order valence-electron chi connectivity index (χ3n) is 6.15. The number of nitrogen functional groups attached to an aromatic ring is 1. The van der Waals surface area contributed by atoms with E-state index in [1.807, 2.05) is 0 Å². The highest BCUT2D eigenvalue weighted by molar-refractivity contribution is 6.09. The second kappa shape index (κ2) is 15.5. The quantitative estimate of drug-likeness (QED) is 0.0654. The number of halogens is 5. The molecule has 43 heavy (non-hydrogen) atoms. The highest BCUT2D eigenvalue weighted by Crippen LogP contribution is 2.30. The van der Waals surface area contributed by atoms with Crippen molar-refractivity contribution in [1.29, 1.82) is 0 Å². The lowest BCUT2D eigenvalue weighted by atomic mass is 10.00. The number of aromatic nitrogens is 2. The summed E-state index contributed by atoms with van der Waals surface area (Å²) in [4.78, 5) is 11.0. The fourth-order valence-corrected chi connectivity index (χ4v) is 3.97. The monoisotopic (exact) mass is 597 g/mol. The number of unbranched alkanes of at least 4 members (excludes halogenated alkanes) is 2. The van der Waals surface area contributed by atoms with Gasteiger partial charge in [-0.1, -0.05) is 44.3 Å². The van der Waals surface area contributed by atoms with Gasteiger partial charge in [-0.15, -0.1) is 0 Å². The summed E-state index contributed by atoms with van der Waals surface area (Å²) >= 11 is 0. The van der Waals surface area contributed by atoms with Crippen LogP contribution in [0.4, 0.5) is 39.3 Å². The van der Waals surface area contributed by atoms with Gasteiger partial charge in [0.2, 0.25) is 0 Å². The zero-order valence-corrected chi connectivity index (χ0v) is 23.5. The number of hydrogen-bond acceptors (Lipinski definition) is 7. The van der Waals surface area contributed by atoms with E-state index in [9.17, 15) is 17.6 Å². The molecule has 12 heteroatoms. The van der Waals surface area contributed by atoms with E-state index in [4.69, 9.17) is 11.5 Å². The molecule has 2 heterocycles. The maximum atomic E-state index is 15.2. The van der Waals surface area contributed by atoms with E-state index >= 15 is 4.39 Å². The van der Waals surface area contributed by atoms with E-state index in [0.29, 0.717) is 29.4 Å². The van der Waals surface area contributed by atoms with E-state index in [2.05, 4.69) is 50.9 Å². The van der Waals surface area contributed by atoms with Crippen LogP contribution >= 0.6 is 0 Å². The molecule has 0 aliphatic rings. The first-order chi connectivity index (χ1) is 20.5. The zero-order chi connectivity index (χ0) is 31.4. The van der Waals surface area contributed by atoms with Crippen LogP contribution in [0, 0.1) is 23.5 Å². The molecule has 7 nitrogen and oxygen atoms in total. The number of anilines is 2. The number of alkyl halides is 3. The van der Waals surface area contributed by atoms with E-state index in [-0.39, 0.29) is 23.6 Å². The Morgan fingerprint density at radius 3 is 2.53 bits per heavy atom. The van der Waals surface area contributed by atoms with Crippen LogP contribution in [0.25, 0.3) is 0 Å². The second-order valence-corrected chi connectivity index (χ2v) is 9.35. The third kappa shape index (κ3) is 9.37. The first kappa shape index (κ1) is 32.8. The molecule has 6 N–H and O–H groups in total. The van der Waals surface area contributed by atoms with Crippen molar-refractivity contribution in [3.63, 3.8) is 0 Å². The van der Waals surface area contributed by atoms with Crippen LogP contribution in [0.3, 0.4) is 0 Å². The standard InChI is InChI=1S/C31H32F5N7/c1-3-4-5-13-39-14-6-8-24-21(12-16-40-29(24)38)17-22-10-11-23(18-27(22)33)42-20(2)25(19-37)28(31(34,35)36)43-30-26(32)9-7-15-41-30/h7,9-12,15-16,18-19,39,42H,2-5,13-14,17,37H2,1H3,(H2,38,40)/b25-19-,43-28-. The topological polar surface area (TPSA) is 114 Å². The van der Waals surface area contributed by atoms with Crippen molar-refractivity contribution in [1.82, 2.24) is 15.3 Å². The molecule has 0 unspecified atom stereocenters. The number of hydrogen-bond donors (Lipinski definition) is 4. The van der Waals surface area contributed by atoms with Gasteiger partial charge in [0.15, 0.2) is 17.3 Å². The maximum Gasteiger partial charge on any atom is 0.434 e. The van der Waals surface area contributed by atoms with Crippen LogP contribution in [0.2, 0.25) is 0 Å². The highest BCUT2D eigenvalue weighted by Gasteiger charge is 2.39. The largest absolute Gasteiger partial charge is 0.434 e. The molecule has 0 atom stereocenters.